The van der Waals surface area contributed by atoms with Crippen LogP contribution in [0.5, 0.6) is 0 Å². The van der Waals surface area contributed by atoms with Gasteiger partial charge in [0.1, 0.15) is 0 Å². The SMILES string of the molecule is CC(C)=CCNC(=O)NC(CCC(=O)O)c1ccccc1. The summed E-state index contributed by atoms with van der Waals surface area (Å²) in [5.74, 6) is -0.873. The molecule has 0 bridgehead atoms. The molecule has 0 saturated heterocycles. The monoisotopic (exact) mass is 290 g/mol. The molecule has 1 aromatic carbocycles. The van der Waals surface area contributed by atoms with E-state index in [0.717, 1.165) is 11.1 Å². The van der Waals surface area contributed by atoms with Crippen LogP contribution in [-0.4, -0.2) is 23.7 Å². The molecular weight excluding hydrogens is 268 g/mol. The number of hydrogen-bond donors (Lipinski definition) is 3. The molecule has 5 heteroatoms. The normalized spacial score (nSPS) is 11.3. The van der Waals surface area contributed by atoms with Gasteiger partial charge in [-0.05, 0) is 25.8 Å². The molecule has 0 aliphatic carbocycles. The highest BCUT2D eigenvalue weighted by Gasteiger charge is 2.15. The van der Waals surface area contributed by atoms with Gasteiger partial charge in [-0.2, -0.15) is 0 Å². The van der Waals surface area contributed by atoms with E-state index in [-0.39, 0.29) is 18.5 Å². The first kappa shape index (κ1) is 16.8. The Bertz CT molecular complexity index is 494. The summed E-state index contributed by atoms with van der Waals surface area (Å²) in [6.07, 6.45) is 2.28. The van der Waals surface area contributed by atoms with E-state index in [9.17, 15) is 9.59 Å². The largest absolute Gasteiger partial charge is 0.481 e. The Labute approximate surface area is 125 Å². The number of carboxylic acid groups (broad SMARTS) is 1. The number of urea groups is 1. The van der Waals surface area contributed by atoms with Gasteiger partial charge in [0.15, 0.2) is 0 Å². The lowest BCUT2D eigenvalue weighted by Crippen LogP contribution is -2.38. The maximum Gasteiger partial charge on any atom is 0.315 e. The molecule has 5 nitrogen and oxygen atoms in total. The molecule has 0 aliphatic heterocycles. The zero-order valence-electron chi connectivity index (χ0n) is 12.4. The molecule has 0 saturated carbocycles. The smallest absolute Gasteiger partial charge is 0.315 e. The molecular formula is C16H22N2O3. The highest BCUT2D eigenvalue weighted by Crippen LogP contribution is 2.18. The number of nitrogens with one attached hydrogen (secondary N) is 2. The average Bonchev–Trinajstić information content (AvgIpc) is 2.43. The van der Waals surface area contributed by atoms with Crippen molar-refractivity contribution in [1.82, 2.24) is 10.6 Å². The minimum Gasteiger partial charge on any atom is -0.481 e. The number of aliphatic carboxylic acids is 1. The van der Waals surface area contributed by atoms with Gasteiger partial charge < -0.3 is 15.7 Å². The van der Waals surface area contributed by atoms with Gasteiger partial charge in [-0.1, -0.05) is 42.0 Å². The number of benzene rings is 1. The van der Waals surface area contributed by atoms with Crippen molar-refractivity contribution < 1.29 is 14.7 Å². The van der Waals surface area contributed by atoms with Crippen LogP contribution >= 0.6 is 0 Å². The first-order valence-electron chi connectivity index (χ1n) is 6.93. The van der Waals surface area contributed by atoms with Crippen LogP contribution in [0.2, 0.25) is 0 Å². The van der Waals surface area contributed by atoms with E-state index in [1.807, 2.05) is 50.3 Å². The second-order valence-corrected chi connectivity index (χ2v) is 5.03. The Balaban J connectivity index is 2.62. The Morgan fingerprint density at radius 3 is 2.48 bits per heavy atom. The predicted octanol–water partition coefficient (Wildman–Crippen LogP) is 2.86. The van der Waals surface area contributed by atoms with Crippen molar-refractivity contribution in [2.45, 2.75) is 32.7 Å². The van der Waals surface area contributed by atoms with Gasteiger partial charge in [0.05, 0.1) is 6.04 Å². The van der Waals surface area contributed by atoms with Crippen molar-refractivity contribution >= 4 is 12.0 Å². The molecule has 114 valence electrons. The Morgan fingerprint density at radius 1 is 1.24 bits per heavy atom. The van der Waals surface area contributed by atoms with Crippen molar-refractivity contribution in [3.63, 3.8) is 0 Å². The van der Waals surface area contributed by atoms with Crippen molar-refractivity contribution in [3.8, 4) is 0 Å². The molecule has 1 rings (SSSR count). The highest BCUT2D eigenvalue weighted by molar-refractivity contribution is 5.74. The van der Waals surface area contributed by atoms with Gasteiger partial charge in [-0.3, -0.25) is 4.79 Å². The van der Waals surface area contributed by atoms with Crippen LogP contribution in [0.25, 0.3) is 0 Å². The van der Waals surface area contributed by atoms with Crippen LogP contribution in [0.1, 0.15) is 38.3 Å². The number of allylic oxidation sites excluding steroid dienone is 1. The van der Waals surface area contributed by atoms with Gasteiger partial charge in [0.25, 0.3) is 0 Å². The van der Waals surface area contributed by atoms with Crippen LogP contribution < -0.4 is 10.6 Å². The van der Waals surface area contributed by atoms with Crippen molar-refractivity contribution in [3.05, 3.63) is 47.5 Å². The maximum atomic E-state index is 11.9. The highest BCUT2D eigenvalue weighted by atomic mass is 16.4. The third-order valence-electron chi connectivity index (χ3n) is 2.93. The maximum absolute atomic E-state index is 11.9. The number of carboxylic acids is 1. The Kier molecular flexibility index (Phi) is 7.01. The van der Waals surface area contributed by atoms with Gasteiger partial charge in [-0.15, -0.1) is 0 Å². The topological polar surface area (TPSA) is 78.4 Å². The molecule has 1 atom stereocenters. The van der Waals surface area contributed by atoms with Crippen molar-refractivity contribution in [2.24, 2.45) is 0 Å². The lowest BCUT2D eigenvalue weighted by Gasteiger charge is -2.18. The van der Waals surface area contributed by atoms with E-state index in [4.69, 9.17) is 5.11 Å². The average molecular weight is 290 g/mol. The molecule has 1 unspecified atom stereocenters. The summed E-state index contributed by atoms with van der Waals surface area (Å²) in [5, 5.41) is 14.4. The molecule has 0 heterocycles. The minimum atomic E-state index is -0.873. The second kappa shape index (κ2) is 8.79. The van der Waals surface area contributed by atoms with E-state index in [2.05, 4.69) is 10.6 Å². The zero-order chi connectivity index (χ0) is 15.7. The predicted molar refractivity (Wildman–Crippen MR) is 82.0 cm³/mol. The van der Waals surface area contributed by atoms with E-state index in [1.54, 1.807) is 0 Å². The fourth-order valence-corrected chi connectivity index (χ4v) is 1.83. The third kappa shape index (κ3) is 7.15. The molecule has 0 spiro atoms. The van der Waals surface area contributed by atoms with E-state index in [0.29, 0.717) is 13.0 Å². The van der Waals surface area contributed by atoms with E-state index in [1.165, 1.54) is 0 Å². The van der Waals surface area contributed by atoms with Crippen LogP contribution in [0.3, 0.4) is 0 Å². The van der Waals surface area contributed by atoms with Crippen molar-refractivity contribution in [2.75, 3.05) is 6.54 Å². The Hall–Kier alpha value is -2.30. The second-order valence-electron chi connectivity index (χ2n) is 5.03. The van der Waals surface area contributed by atoms with Crippen LogP contribution in [0, 0.1) is 0 Å². The van der Waals surface area contributed by atoms with Crippen LogP contribution in [-0.2, 0) is 4.79 Å². The number of carbonyl (C=O) groups excluding carboxylic acids is 1. The number of rotatable bonds is 7. The summed E-state index contributed by atoms with van der Waals surface area (Å²) in [7, 11) is 0. The summed E-state index contributed by atoms with van der Waals surface area (Å²) in [4.78, 5) is 22.6. The third-order valence-corrected chi connectivity index (χ3v) is 2.93. The van der Waals surface area contributed by atoms with Gasteiger partial charge in [0, 0.05) is 13.0 Å². The molecule has 3 N–H and O–H groups in total. The first-order valence-corrected chi connectivity index (χ1v) is 6.93. The summed E-state index contributed by atoms with van der Waals surface area (Å²) in [6, 6.07) is 8.76. The molecule has 0 aromatic heterocycles. The standard InChI is InChI=1S/C16H22N2O3/c1-12(2)10-11-17-16(21)18-14(8-9-15(19)20)13-6-4-3-5-7-13/h3-7,10,14H,8-9,11H2,1-2H3,(H,19,20)(H2,17,18,21). The summed E-state index contributed by atoms with van der Waals surface area (Å²) < 4.78 is 0. The molecule has 1 aromatic rings. The molecule has 0 aliphatic rings. The molecule has 0 fully saturated rings. The van der Waals surface area contributed by atoms with Gasteiger partial charge in [0.2, 0.25) is 0 Å². The lowest BCUT2D eigenvalue weighted by molar-refractivity contribution is -0.137. The zero-order valence-corrected chi connectivity index (χ0v) is 12.4. The van der Waals surface area contributed by atoms with Gasteiger partial charge in [-0.25, -0.2) is 4.79 Å². The molecule has 2 amide bonds. The minimum absolute atomic E-state index is 0.00775. The quantitative estimate of drug-likeness (QED) is 0.676. The number of hydrogen-bond acceptors (Lipinski definition) is 2. The van der Waals surface area contributed by atoms with E-state index < -0.39 is 5.97 Å². The molecule has 21 heavy (non-hydrogen) atoms. The van der Waals surface area contributed by atoms with E-state index >= 15 is 0 Å². The summed E-state index contributed by atoms with van der Waals surface area (Å²) >= 11 is 0. The van der Waals surface area contributed by atoms with Gasteiger partial charge >= 0.3 is 12.0 Å². The van der Waals surface area contributed by atoms with Crippen LogP contribution in [0.4, 0.5) is 4.79 Å². The van der Waals surface area contributed by atoms with Crippen molar-refractivity contribution in [1.29, 1.82) is 0 Å². The summed E-state index contributed by atoms with van der Waals surface area (Å²) in [5.41, 5.74) is 2.02. The fraction of sp³-hybridized carbons (Fsp3) is 0.375. The Morgan fingerprint density at radius 2 is 1.90 bits per heavy atom. The fourth-order valence-electron chi connectivity index (χ4n) is 1.83. The first-order chi connectivity index (χ1) is 9.99. The number of amides is 2. The summed E-state index contributed by atoms with van der Waals surface area (Å²) in [6.45, 7) is 4.37. The number of carbonyl (C=O) groups is 2. The molecule has 0 radical (unpaired) electrons. The van der Waals surface area contributed by atoms with Crippen LogP contribution in [0.15, 0.2) is 42.0 Å². The lowest BCUT2D eigenvalue weighted by atomic mass is 10.0.